The number of aromatic nitrogens is 2. The number of piperazine rings is 1. The lowest BCUT2D eigenvalue weighted by molar-refractivity contribution is -0.134. The molecule has 0 saturated carbocycles. The van der Waals surface area contributed by atoms with Crippen LogP contribution in [0.25, 0.3) is 10.9 Å². The number of carbonyl (C=O) groups excluding carboxylic acids is 2. The molecule has 2 aromatic rings. The van der Waals surface area contributed by atoms with Crippen molar-refractivity contribution in [2.24, 2.45) is 7.05 Å². The molecule has 8 nitrogen and oxygen atoms in total. The van der Waals surface area contributed by atoms with Crippen LogP contribution in [-0.2, 0) is 16.6 Å². The van der Waals surface area contributed by atoms with E-state index in [0.29, 0.717) is 18.9 Å². The molecule has 0 spiro atoms. The summed E-state index contributed by atoms with van der Waals surface area (Å²) >= 11 is 0. The van der Waals surface area contributed by atoms with Gasteiger partial charge in [0.25, 0.3) is 0 Å². The standard InChI is InChI=1S/C22H30N6O2/c1-26-19-14-16(27-10-6-15(7-11-27)28-12-8-23-9-13-28)2-3-17(19)21(25-26)18-4-5-20(29)24-22(18)30/h2-3,14-15,18,23H,4-13H2,1H3,(H,24,29,30). The Morgan fingerprint density at radius 3 is 2.53 bits per heavy atom. The number of fused-ring (bicyclic) bond motifs is 1. The molecule has 1 atom stereocenters. The molecular formula is C22H30N6O2. The van der Waals surface area contributed by atoms with E-state index in [0.717, 1.165) is 55.9 Å². The summed E-state index contributed by atoms with van der Waals surface area (Å²) < 4.78 is 1.87. The minimum atomic E-state index is -0.355. The second kappa shape index (κ2) is 8.00. The summed E-state index contributed by atoms with van der Waals surface area (Å²) in [5.74, 6) is -0.777. The molecule has 2 amide bonds. The van der Waals surface area contributed by atoms with Crippen LogP contribution in [0.3, 0.4) is 0 Å². The third kappa shape index (κ3) is 3.58. The summed E-state index contributed by atoms with van der Waals surface area (Å²) in [6.07, 6.45) is 3.29. The molecule has 0 aliphatic carbocycles. The monoisotopic (exact) mass is 410 g/mol. The quantitative estimate of drug-likeness (QED) is 0.734. The van der Waals surface area contributed by atoms with E-state index >= 15 is 0 Å². The number of nitrogens with zero attached hydrogens (tertiary/aromatic N) is 4. The lowest BCUT2D eigenvalue weighted by atomic mass is 9.92. The van der Waals surface area contributed by atoms with Crippen molar-refractivity contribution in [1.29, 1.82) is 0 Å². The fourth-order valence-electron chi connectivity index (χ4n) is 5.22. The Bertz CT molecular complexity index is 956. The zero-order valence-corrected chi connectivity index (χ0v) is 17.6. The average molecular weight is 411 g/mol. The van der Waals surface area contributed by atoms with Gasteiger partial charge in [-0.2, -0.15) is 5.10 Å². The third-order valence-electron chi connectivity index (χ3n) is 6.93. The Kier molecular flexibility index (Phi) is 5.20. The molecule has 3 saturated heterocycles. The fourth-order valence-corrected chi connectivity index (χ4v) is 5.22. The molecule has 3 fully saturated rings. The van der Waals surface area contributed by atoms with E-state index in [2.05, 4.69) is 43.7 Å². The van der Waals surface area contributed by atoms with Crippen molar-refractivity contribution in [3.63, 3.8) is 0 Å². The van der Waals surface area contributed by atoms with Gasteiger partial charge in [-0.3, -0.25) is 24.5 Å². The predicted molar refractivity (Wildman–Crippen MR) is 116 cm³/mol. The Hall–Kier alpha value is -2.45. The molecule has 1 unspecified atom stereocenters. The number of aryl methyl sites for hydroxylation is 1. The Morgan fingerprint density at radius 2 is 1.80 bits per heavy atom. The van der Waals surface area contributed by atoms with Gasteiger partial charge in [-0.25, -0.2) is 0 Å². The molecule has 0 radical (unpaired) electrons. The Balaban J connectivity index is 1.33. The SMILES string of the molecule is Cn1nc(C2CCC(=O)NC2=O)c2ccc(N3CCC(N4CCNCC4)CC3)cc21. The van der Waals surface area contributed by atoms with Gasteiger partial charge in [-0.1, -0.05) is 0 Å². The molecule has 30 heavy (non-hydrogen) atoms. The molecule has 160 valence electrons. The molecule has 5 rings (SSSR count). The number of benzene rings is 1. The lowest BCUT2D eigenvalue weighted by Crippen LogP contribution is -2.52. The maximum atomic E-state index is 12.3. The maximum absolute atomic E-state index is 12.3. The number of imide groups is 1. The number of anilines is 1. The van der Waals surface area contributed by atoms with Crippen LogP contribution in [0.2, 0.25) is 0 Å². The van der Waals surface area contributed by atoms with Crippen LogP contribution in [0.4, 0.5) is 5.69 Å². The fraction of sp³-hybridized carbons (Fsp3) is 0.591. The molecule has 1 aromatic heterocycles. The van der Waals surface area contributed by atoms with E-state index in [4.69, 9.17) is 0 Å². The molecule has 3 aliphatic rings. The highest BCUT2D eigenvalue weighted by molar-refractivity contribution is 6.02. The van der Waals surface area contributed by atoms with Gasteiger partial charge in [0.15, 0.2) is 0 Å². The Labute approximate surface area is 176 Å². The highest BCUT2D eigenvalue weighted by Crippen LogP contribution is 2.33. The third-order valence-corrected chi connectivity index (χ3v) is 6.93. The smallest absolute Gasteiger partial charge is 0.235 e. The van der Waals surface area contributed by atoms with Crippen molar-refractivity contribution in [3.05, 3.63) is 23.9 Å². The van der Waals surface area contributed by atoms with E-state index < -0.39 is 0 Å². The zero-order chi connectivity index (χ0) is 20.7. The number of nitrogens with one attached hydrogen (secondary N) is 2. The molecule has 1 aromatic carbocycles. The van der Waals surface area contributed by atoms with Crippen LogP contribution in [0.1, 0.15) is 37.3 Å². The van der Waals surface area contributed by atoms with Crippen LogP contribution in [0.5, 0.6) is 0 Å². The van der Waals surface area contributed by atoms with Gasteiger partial charge < -0.3 is 10.2 Å². The summed E-state index contributed by atoms with van der Waals surface area (Å²) in [6, 6.07) is 7.15. The Morgan fingerprint density at radius 1 is 1.03 bits per heavy atom. The minimum absolute atomic E-state index is 0.192. The van der Waals surface area contributed by atoms with Gasteiger partial charge in [0.1, 0.15) is 0 Å². The summed E-state index contributed by atoms with van der Waals surface area (Å²) in [5, 5.41) is 11.6. The topological polar surface area (TPSA) is 82.5 Å². The van der Waals surface area contributed by atoms with Gasteiger partial charge in [0.05, 0.1) is 17.1 Å². The number of hydrogen-bond acceptors (Lipinski definition) is 6. The first kappa shape index (κ1) is 19.5. The normalized spacial score (nSPS) is 24.4. The van der Waals surface area contributed by atoms with E-state index in [1.807, 2.05) is 11.7 Å². The van der Waals surface area contributed by atoms with Gasteiger partial charge in [-0.05, 0) is 37.5 Å². The van der Waals surface area contributed by atoms with Crippen LogP contribution in [0.15, 0.2) is 18.2 Å². The summed E-state index contributed by atoms with van der Waals surface area (Å²) in [5.41, 5.74) is 3.04. The van der Waals surface area contributed by atoms with Crippen molar-refractivity contribution in [2.75, 3.05) is 44.2 Å². The molecular weight excluding hydrogens is 380 g/mol. The zero-order valence-electron chi connectivity index (χ0n) is 17.6. The molecule has 0 bridgehead atoms. The lowest BCUT2D eigenvalue weighted by Gasteiger charge is -2.41. The largest absolute Gasteiger partial charge is 0.371 e. The maximum Gasteiger partial charge on any atom is 0.235 e. The van der Waals surface area contributed by atoms with Crippen LogP contribution in [-0.4, -0.2) is 71.8 Å². The number of amides is 2. The number of rotatable bonds is 3. The van der Waals surface area contributed by atoms with Gasteiger partial charge in [0.2, 0.25) is 11.8 Å². The average Bonchev–Trinajstić information content (AvgIpc) is 3.10. The second-order valence-corrected chi connectivity index (χ2v) is 8.72. The number of piperidine rings is 2. The molecule has 3 aliphatic heterocycles. The highest BCUT2D eigenvalue weighted by Gasteiger charge is 2.32. The van der Waals surface area contributed by atoms with Crippen molar-refractivity contribution in [3.8, 4) is 0 Å². The molecule has 2 N–H and O–H groups in total. The number of carbonyl (C=O) groups is 2. The highest BCUT2D eigenvalue weighted by atomic mass is 16.2. The van der Waals surface area contributed by atoms with E-state index in [1.54, 1.807) is 0 Å². The van der Waals surface area contributed by atoms with E-state index in [1.165, 1.54) is 18.5 Å². The van der Waals surface area contributed by atoms with E-state index in [9.17, 15) is 9.59 Å². The molecule has 4 heterocycles. The van der Waals surface area contributed by atoms with Crippen LogP contribution in [0, 0.1) is 0 Å². The minimum Gasteiger partial charge on any atom is -0.371 e. The first-order valence-electron chi connectivity index (χ1n) is 11.1. The first-order valence-corrected chi connectivity index (χ1v) is 11.1. The summed E-state index contributed by atoms with van der Waals surface area (Å²) in [4.78, 5) is 28.9. The van der Waals surface area contributed by atoms with Crippen LogP contribution >= 0.6 is 0 Å². The van der Waals surface area contributed by atoms with Crippen molar-refractivity contribution < 1.29 is 9.59 Å². The second-order valence-electron chi connectivity index (χ2n) is 8.72. The summed E-state index contributed by atoms with van der Waals surface area (Å²) in [6.45, 7) is 6.67. The summed E-state index contributed by atoms with van der Waals surface area (Å²) in [7, 11) is 1.93. The first-order chi connectivity index (χ1) is 14.6. The number of hydrogen-bond donors (Lipinski definition) is 2. The predicted octanol–water partition coefficient (Wildman–Crippen LogP) is 0.968. The van der Waals surface area contributed by atoms with Crippen molar-refractivity contribution >= 4 is 28.4 Å². The van der Waals surface area contributed by atoms with E-state index in [-0.39, 0.29) is 17.7 Å². The van der Waals surface area contributed by atoms with Crippen molar-refractivity contribution in [2.45, 2.75) is 37.6 Å². The van der Waals surface area contributed by atoms with Gasteiger partial charge in [-0.15, -0.1) is 0 Å². The van der Waals surface area contributed by atoms with Crippen LogP contribution < -0.4 is 15.5 Å². The van der Waals surface area contributed by atoms with Gasteiger partial charge >= 0.3 is 0 Å². The van der Waals surface area contributed by atoms with Crippen molar-refractivity contribution in [1.82, 2.24) is 25.3 Å². The van der Waals surface area contributed by atoms with Gasteiger partial charge in [0, 0.05) is 69.9 Å². The molecule has 8 heteroatoms.